The third kappa shape index (κ3) is 2.87. The highest BCUT2D eigenvalue weighted by Gasteiger charge is 2.23. The second-order valence-electron chi connectivity index (χ2n) is 5.78. The maximum absolute atomic E-state index is 13.1. The van der Waals surface area contributed by atoms with Gasteiger partial charge in [-0.2, -0.15) is 4.98 Å². The Morgan fingerprint density at radius 2 is 1.85 bits per heavy atom. The van der Waals surface area contributed by atoms with Crippen molar-refractivity contribution in [2.75, 3.05) is 18.1 Å². The van der Waals surface area contributed by atoms with Crippen LogP contribution in [0.15, 0.2) is 65.8 Å². The molecule has 9 heteroatoms. The molecule has 3 aromatic heterocycles. The molecule has 0 fully saturated rings. The van der Waals surface area contributed by atoms with Gasteiger partial charge in [0.1, 0.15) is 5.82 Å². The van der Waals surface area contributed by atoms with Crippen LogP contribution in [0.5, 0.6) is 0 Å². The number of nitrogens with one attached hydrogen (secondary N) is 1. The Morgan fingerprint density at radius 3 is 2.59 bits per heavy atom. The summed E-state index contributed by atoms with van der Waals surface area (Å²) in [5, 5.41) is 3.57. The molecule has 4 aromatic rings. The number of hydrogen-bond donors (Lipinski definition) is 2. The van der Waals surface area contributed by atoms with Gasteiger partial charge < -0.3 is 11.1 Å². The molecule has 0 atom stereocenters. The molecule has 136 valence electrons. The summed E-state index contributed by atoms with van der Waals surface area (Å²) in [6.45, 7) is 0. The number of fused-ring (bicyclic) bond motifs is 1. The highest BCUT2D eigenvalue weighted by molar-refractivity contribution is 7.90. The number of aromatic nitrogens is 4. The molecule has 0 aliphatic rings. The van der Waals surface area contributed by atoms with E-state index >= 15 is 0 Å². The number of nitrogen functional groups attached to an aromatic ring is 1. The van der Waals surface area contributed by atoms with Crippen LogP contribution in [0.3, 0.4) is 0 Å². The molecule has 0 amide bonds. The average molecular weight is 380 g/mol. The van der Waals surface area contributed by atoms with Crippen molar-refractivity contribution < 1.29 is 8.42 Å². The molecule has 0 spiro atoms. The van der Waals surface area contributed by atoms with E-state index in [0.717, 1.165) is 0 Å². The molecular formula is C18H16N6O2S. The van der Waals surface area contributed by atoms with Gasteiger partial charge in [0.15, 0.2) is 5.65 Å². The van der Waals surface area contributed by atoms with Gasteiger partial charge in [-0.3, -0.25) is 0 Å². The Labute approximate surface area is 155 Å². The van der Waals surface area contributed by atoms with Crippen molar-refractivity contribution in [2.45, 2.75) is 4.90 Å². The predicted molar refractivity (Wildman–Crippen MR) is 104 cm³/mol. The molecule has 8 nitrogen and oxygen atoms in total. The normalized spacial score (nSPS) is 11.6. The fourth-order valence-corrected chi connectivity index (χ4v) is 4.20. The van der Waals surface area contributed by atoms with Crippen LogP contribution < -0.4 is 11.1 Å². The van der Waals surface area contributed by atoms with E-state index in [1.54, 1.807) is 61.8 Å². The molecule has 0 saturated carbocycles. The zero-order valence-electron chi connectivity index (χ0n) is 14.4. The fourth-order valence-electron chi connectivity index (χ4n) is 2.86. The number of rotatable bonds is 4. The quantitative estimate of drug-likeness (QED) is 0.558. The first kappa shape index (κ1) is 17.0. The molecule has 3 heterocycles. The second-order valence-corrected chi connectivity index (χ2v) is 7.59. The predicted octanol–water partition coefficient (Wildman–Crippen LogP) is 2.35. The van der Waals surface area contributed by atoms with Gasteiger partial charge >= 0.3 is 0 Å². The Morgan fingerprint density at radius 1 is 1.07 bits per heavy atom. The highest BCUT2D eigenvalue weighted by atomic mass is 32.2. The smallest absolute Gasteiger partial charge is 0.269 e. The zero-order valence-corrected chi connectivity index (χ0v) is 15.2. The van der Waals surface area contributed by atoms with Crippen molar-refractivity contribution in [2.24, 2.45) is 0 Å². The maximum atomic E-state index is 13.1. The minimum atomic E-state index is -3.81. The molecular weight excluding hydrogens is 364 g/mol. The van der Waals surface area contributed by atoms with Crippen LogP contribution in [0.2, 0.25) is 0 Å². The molecule has 4 rings (SSSR count). The van der Waals surface area contributed by atoms with E-state index in [2.05, 4.69) is 20.3 Å². The van der Waals surface area contributed by atoms with E-state index in [0.29, 0.717) is 28.1 Å². The summed E-state index contributed by atoms with van der Waals surface area (Å²) in [5.74, 6) is 0.626. The van der Waals surface area contributed by atoms with Gasteiger partial charge in [-0.05, 0) is 24.3 Å². The highest BCUT2D eigenvalue weighted by Crippen LogP contribution is 2.32. The van der Waals surface area contributed by atoms with Crippen molar-refractivity contribution in [3.05, 3.63) is 60.9 Å². The van der Waals surface area contributed by atoms with E-state index in [9.17, 15) is 8.42 Å². The number of anilines is 2. The van der Waals surface area contributed by atoms with Crippen LogP contribution >= 0.6 is 0 Å². The Hall–Kier alpha value is -3.46. The lowest BCUT2D eigenvalue weighted by Crippen LogP contribution is -2.12. The first-order valence-electron chi connectivity index (χ1n) is 8.10. The van der Waals surface area contributed by atoms with E-state index in [1.807, 2.05) is 0 Å². The van der Waals surface area contributed by atoms with Crippen LogP contribution in [0.4, 0.5) is 11.8 Å². The topological polar surface area (TPSA) is 116 Å². The monoisotopic (exact) mass is 380 g/mol. The number of nitrogens with two attached hydrogens (primary N) is 1. The van der Waals surface area contributed by atoms with Crippen molar-refractivity contribution in [1.29, 1.82) is 0 Å². The first-order chi connectivity index (χ1) is 13.0. The number of pyridine rings is 1. The van der Waals surface area contributed by atoms with E-state index in [4.69, 9.17) is 5.73 Å². The number of benzene rings is 1. The fraction of sp³-hybridized carbons (Fsp3) is 0.0556. The van der Waals surface area contributed by atoms with Gasteiger partial charge in [-0.15, -0.1) is 0 Å². The summed E-state index contributed by atoms with van der Waals surface area (Å²) in [4.78, 5) is 12.8. The summed E-state index contributed by atoms with van der Waals surface area (Å²) < 4.78 is 27.4. The van der Waals surface area contributed by atoms with Crippen LogP contribution in [0.25, 0.3) is 22.3 Å². The Balaban J connectivity index is 2.00. The van der Waals surface area contributed by atoms with Gasteiger partial charge in [0.05, 0.1) is 10.6 Å². The molecule has 1 aromatic carbocycles. The van der Waals surface area contributed by atoms with Gasteiger partial charge in [-0.25, -0.2) is 22.4 Å². The van der Waals surface area contributed by atoms with Gasteiger partial charge in [0.2, 0.25) is 5.95 Å². The van der Waals surface area contributed by atoms with E-state index in [-0.39, 0.29) is 10.8 Å². The molecule has 0 aliphatic heterocycles. The number of nitrogens with zero attached hydrogens (tertiary/aromatic N) is 4. The van der Waals surface area contributed by atoms with Crippen molar-refractivity contribution in [3.63, 3.8) is 0 Å². The van der Waals surface area contributed by atoms with Crippen molar-refractivity contribution in [1.82, 2.24) is 18.9 Å². The summed E-state index contributed by atoms with van der Waals surface area (Å²) in [6, 6.07) is 13.5. The third-order valence-electron chi connectivity index (χ3n) is 4.11. The van der Waals surface area contributed by atoms with Crippen LogP contribution in [0, 0.1) is 0 Å². The maximum Gasteiger partial charge on any atom is 0.269 e. The SMILES string of the molecule is CNc1cc(-c2cn(S(=O)(=O)c3ccccc3)c3ncccc23)nc(N)n1. The summed E-state index contributed by atoms with van der Waals surface area (Å²) in [7, 11) is -2.10. The van der Waals surface area contributed by atoms with Crippen LogP contribution in [-0.4, -0.2) is 34.4 Å². The zero-order chi connectivity index (χ0) is 19.0. The van der Waals surface area contributed by atoms with Crippen LogP contribution in [-0.2, 0) is 10.0 Å². The Kier molecular flexibility index (Phi) is 4.00. The van der Waals surface area contributed by atoms with E-state index < -0.39 is 10.0 Å². The lowest BCUT2D eigenvalue weighted by Gasteiger charge is -2.06. The molecule has 27 heavy (non-hydrogen) atoms. The molecule has 0 radical (unpaired) electrons. The summed E-state index contributed by atoms with van der Waals surface area (Å²) in [5.41, 5.74) is 7.22. The lowest BCUT2D eigenvalue weighted by molar-refractivity contribution is 0.589. The van der Waals surface area contributed by atoms with Gasteiger partial charge in [0.25, 0.3) is 10.0 Å². The first-order valence-corrected chi connectivity index (χ1v) is 9.54. The molecule has 0 unspecified atom stereocenters. The molecule has 0 aliphatic carbocycles. The lowest BCUT2D eigenvalue weighted by atomic mass is 10.1. The largest absolute Gasteiger partial charge is 0.373 e. The molecule has 0 saturated heterocycles. The average Bonchev–Trinajstić information content (AvgIpc) is 3.09. The summed E-state index contributed by atoms with van der Waals surface area (Å²) in [6.07, 6.45) is 3.07. The summed E-state index contributed by atoms with van der Waals surface area (Å²) >= 11 is 0. The van der Waals surface area contributed by atoms with Crippen molar-refractivity contribution >= 4 is 32.8 Å². The molecule has 0 bridgehead atoms. The second kappa shape index (κ2) is 6.36. The van der Waals surface area contributed by atoms with Crippen LogP contribution in [0.1, 0.15) is 0 Å². The number of hydrogen-bond acceptors (Lipinski definition) is 7. The Bertz CT molecular complexity index is 1240. The van der Waals surface area contributed by atoms with Crippen molar-refractivity contribution in [3.8, 4) is 11.3 Å². The minimum Gasteiger partial charge on any atom is -0.373 e. The van der Waals surface area contributed by atoms with Gasteiger partial charge in [0, 0.05) is 36.5 Å². The van der Waals surface area contributed by atoms with Gasteiger partial charge in [-0.1, -0.05) is 18.2 Å². The molecule has 3 N–H and O–H groups in total. The standard InChI is InChI=1S/C18H16N6O2S/c1-20-16-10-15(22-18(19)23-16)14-11-24(17-13(14)8-5-9-21-17)27(25,26)12-6-3-2-4-7-12/h2-11H,1H3,(H3,19,20,22,23). The third-order valence-corrected chi connectivity index (χ3v) is 5.77. The van der Waals surface area contributed by atoms with E-state index in [1.165, 1.54) is 10.2 Å². The minimum absolute atomic E-state index is 0.0903.